The first-order valence-corrected chi connectivity index (χ1v) is 17.4. The number of amides is 1. The number of aromatic carboxylic acids is 1. The van der Waals surface area contributed by atoms with Crippen LogP contribution in [0.25, 0.3) is 22.2 Å². The fraction of sp³-hybridized carbons (Fsp3) is 0.533. The Morgan fingerprint density at radius 3 is 2.44 bits per heavy atom. The summed E-state index contributed by atoms with van der Waals surface area (Å²) < 4.78 is 60.6. The van der Waals surface area contributed by atoms with E-state index in [1.165, 1.54) is 31.7 Å². The van der Waals surface area contributed by atoms with E-state index in [0.29, 0.717) is 6.54 Å². The summed E-state index contributed by atoms with van der Waals surface area (Å²) in [6, 6.07) is 2.82. The minimum absolute atomic E-state index is 0.0465. The van der Waals surface area contributed by atoms with E-state index in [1.54, 1.807) is 20.8 Å². The average molecular weight is 653 g/mol. The largest absolute Gasteiger partial charge is 0.478 e. The lowest BCUT2D eigenvalue weighted by Crippen LogP contribution is -2.33. The number of carboxylic acid groups (broad SMARTS) is 1. The van der Waals surface area contributed by atoms with Crippen LogP contribution in [0.5, 0.6) is 0 Å². The van der Waals surface area contributed by atoms with E-state index in [1.807, 2.05) is 0 Å². The van der Waals surface area contributed by atoms with E-state index in [-0.39, 0.29) is 51.1 Å². The second kappa shape index (κ2) is 13.4. The number of ether oxygens (including phenoxy) is 1. The molecule has 0 spiro atoms. The number of H-pyrrole nitrogens is 1. The van der Waals surface area contributed by atoms with Gasteiger partial charge in [0, 0.05) is 47.3 Å². The first-order valence-electron chi connectivity index (χ1n) is 14.8. The van der Waals surface area contributed by atoms with Crippen LogP contribution in [-0.2, 0) is 15.5 Å². The zero-order valence-corrected chi connectivity index (χ0v) is 26.9. The highest BCUT2D eigenvalue weighted by atomic mass is 31.2. The Kier molecular flexibility index (Phi) is 10.2. The van der Waals surface area contributed by atoms with Gasteiger partial charge in [0.2, 0.25) is 5.95 Å². The van der Waals surface area contributed by atoms with Crippen LogP contribution in [0, 0.1) is 0 Å². The number of fused-ring (bicyclic) bond motifs is 1. The second-order valence-corrected chi connectivity index (χ2v) is 15.8. The summed E-state index contributed by atoms with van der Waals surface area (Å²) in [5, 5.41) is 19.4. The molecule has 1 aliphatic rings. The average Bonchev–Trinajstić information content (AvgIpc) is 3.54. The highest BCUT2D eigenvalue weighted by Gasteiger charge is 2.37. The first-order chi connectivity index (χ1) is 20.9. The molecular formula is C30H40F3N6O5P. The number of unbranched alkanes of at least 4 members (excludes halogenated alkanes) is 1. The number of carboxylic acids is 1. The number of rotatable bonds is 11. The van der Waals surface area contributed by atoms with Gasteiger partial charge in [-0.05, 0) is 78.8 Å². The van der Waals surface area contributed by atoms with Crippen molar-refractivity contribution in [2.24, 2.45) is 0 Å². The number of anilines is 1. The molecule has 3 aromatic rings. The van der Waals surface area contributed by atoms with Gasteiger partial charge in [-0.1, -0.05) is 6.07 Å². The van der Waals surface area contributed by atoms with Crippen LogP contribution in [-0.4, -0.2) is 76.2 Å². The number of aromatic amines is 1. The van der Waals surface area contributed by atoms with Crippen molar-refractivity contribution in [1.29, 1.82) is 0 Å². The Balaban J connectivity index is 1.44. The highest BCUT2D eigenvalue weighted by molar-refractivity contribution is 7.70. The van der Waals surface area contributed by atoms with E-state index >= 15 is 0 Å². The van der Waals surface area contributed by atoms with Crippen molar-refractivity contribution in [2.45, 2.75) is 76.7 Å². The maximum absolute atomic E-state index is 14.1. The lowest BCUT2D eigenvalue weighted by Gasteiger charge is -2.19. The lowest BCUT2D eigenvalue weighted by molar-refractivity contribution is -0.137. The summed E-state index contributed by atoms with van der Waals surface area (Å²) in [6.45, 7) is 9.50. The van der Waals surface area contributed by atoms with Gasteiger partial charge in [-0.3, -0.25) is 0 Å². The quantitative estimate of drug-likeness (QED) is 0.127. The van der Waals surface area contributed by atoms with Crippen molar-refractivity contribution in [2.75, 3.05) is 31.7 Å². The topological polar surface area (TPSA) is 158 Å². The fourth-order valence-corrected chi connectivity index (χ4v) is 6.99. The zero-order chi connectivity index (χ0) is 33.2. The number of benzene rings is 1. The maximum Gasteiger partial charge on any atom is 0.419 e. The van der Waals surface area contributed by atoms with Gasteiger partial charge in [0.1, 0.15) is 18.3 Å². The van der Waals surface area contributed by atoms with Crippen molar-refractivity contribution >= 4 is 41.4 Å². The number of nitrogens with one attached hydrogen (secondary N) is 4. The molecule has 246 valence electrons. The molecule has 1 amide bonds. The molecule has 2 heterocycles. The molecule has 4 rings (SSSR count). The number of alkyl carbamates (subject to hydrolysis) is 1. The summed E-state index contributed by atoms with van der Waals surface area (Å²) in [5.41, 5.74) is -1.83. The molecule has 0 aliphatic heterocycles. The smallest absolute Gasteiger partial charge is 0.419 e. The summed E-state index contributed by atoms with van der Waals surface area (Å²) in [5.74, 6) is -1.23. The molecule has 1 aromatic carbocycles. The van der Waals surface area contributed by atoms with Crippen LogP contribution in [0.3, 0.4) is 0 Å². The highest BCUT2D eigenvalue weighted by Crippen LogP contribution is 2.43. The summed E-state index contributed by atoms with van der Waals surface area (Å²) >= 11 is 0. The number of alkyl halides is 3. The third kappa shape index (κ3) is 8.76. The number of carbonyl (C=O) groups excluding carboxylic acids is 1. The Hall–Kier alpha value is -3.64. The van der Waals surface area contributed by atoms with Crippen LogP contribution in [0.1, 0.15) is 68.8 Å². The number of halogens is 3. The van der Waals surface area contributed by atoms with E-state index in [4.69, 9.17) is 4.74 Å². The van der Waals surface area contributed by atoms with Gasteiger partial charge in [-0.25, -0.2) is 19.6 Å². The van der Waals surface area contributed by atoms with Crippen molar-refractivity contribution in [3.05, 3.63) is 35.7 Å². The monoisotopic (exact) mass is 652 g/mol. The normalized spacial score (nSPS) is 17.4. The summed E-state index contributed by atoms with van der Waals surface area (Å²) in [6.07, 6.45) is 0.880. The molecule has 2 aromatic heterocycles. The van der Waals surface area contributed by atoms with Crippen molar-refractivity contribution in [3.63, 3.8) is 0 Å². The maximum atomic E-state index is 14.1. The van der Waals surface area contributed by atoms with Crippen molar-refractivity contribution in [1.82, 2.24) is 25.6 Å². The van der Waals surface area contributed by atoms with Crippen LogP contribution in [0.4, 0.5) is 23.9 Å². The molecule has 15 heteroatoms. The van der Waals surface area contributed by atoms with E-state index in [0.717, 1.165) is 44.8 Å². The van der Waals surface area contributed by atoms with Gasteiger partial charge in [0.05, 0.1) is 16.8 Å². The Labute approximate surface area is 259 Å². The van der Waals surface area contributed by atoms with Gasteiger partial charge in [-0.15, -0.1) is 0 Å². The number of hydrogen-bond acceptors (Lipinski definition) is 8. The van der Waals surface area contributed by atoms with Crippen LogP contribution >= 0.6 is 7.14 Å². The standard InChI is InChI=1S/C30H40F3N6O5P/c1-29(2,3)44-28(42)35-13-7-6-12-34-17-8-9-18(14-17)38-27-37-16-22(30(31,32)33)23(39-27)21-15-36-24-19(21)10-11-20(26(40)41)25(24)45(4,5)43/h10-11,15-18,34,36H,6-9,12-14H2,1-5H3,(H,35,42)(H,40,41)(H,37,38,39)/t17-,18-/m0/s1. The molecule has 0 bridgehead atoms. The lowest BCUT2D eigenvalue weighted by atomic mass is 10.0. The fourth-order valence-electron chi connectivity index (χ4n) is 5.52. The molecule has 5 N–H and O–H groups in total. The van der Waals surface area contributed by atoms with Gasteiger partial charge < -0.3 is 35.3 Å². The zero-order valence-electron chi connectivity index (χ0n) is 26.0. The number of hydrogen-bond donors (Lipinski definition) is 5. The predicted octanol–water partition coefficient (Wildman–Crippen LogP) is 5.82. The molecule has 1 saturated carbocycles. The van der Waals surface area contributed by atoms with Crippen LogP contribution in [0.15, 0.2) is 24.5 Å². The molecule has 45 heavy (non-hydrogen) atoms. The van der Waals surface area contributed by atoms with Crippen LogP contribution < -0.4 is 21.3 Å². The van der Waals surface area contributed by atoms with Crippen LogP contribution in [0.2, 0.25) is 0 Å². The molecule has 0 saturated heterocycles. The van der Waals surface area contributed by atoms with Gasteiger partial charge in [-0.2, -0.15) is 13.2 Å². The SMILES string of the molecule is CC(C)(C)OC(=O)NCCCCN[C@H]1CC[C@H](Nc2ncc(C(F)(F)F)c(-c3c[nH]c4c(P(C)(C)=O)c(C(=O)O)ccc34)n2)C1. The summed E-state index contributed by atoms with van der Waals surface area (Å²) in [7, 11) is -3.15. The molecular weight excluding hydrogens is 612 g/mol. The third-order valence-electron chi connectivity index (χ3n) is 7.42. The van der Waals surface area contributed by atoms with Gasteiger partial charge >= 0.3 is 18.2 Å². The van der Waals surface area contributed by atoms with Gasteiger partial charge in [0.15, 0.2) is 0 Å². The third-order valence-corrected chi connectivity index (χ3v) is 8.96. The molecule has 11 nitrogen and oxygen atoms in total. The molecule has 0 unspecified atom stereocenters. The van der Waals surface area contributed by atoms with Gasteiger partial charge in [0.25, 0.3) is 0 Å². The Bertz CT molecular complexity index is 1600. The number of nitrogens with zero attached hydrogens (tertiary/aromatic N) is 2. The Morgan fingerprint density at radius 2 is 1.80 bits per heavy atom. The van der Waals surface area contributed by atoms with Crippen molar-refractivity contribution < 1.29 is 37.2 Å². The van der Waals surface area contributed by atoms with E-state index < -0.39 is 36.5 Å². The molecule has 1 aliphatic carbocycles. The molecule has 1 fully saturated rings. The minimum Gasteiger partial charge on any atom is -0.478 e. The number of carbonyl (C=O) groups is 2. The minimum atomic E-state index is -4.75. The first kappa shape index (κ1) is 34.2. The predicted molar refractivity (Wildman–Crippen MR) is 167 cm³/mol. The number of aromatic nitrogens is 3. The molecule has 0 radical (unpaired) electrons. The van der Waals surface area contributed by atoms with E-state index in [9.17, 15) is 32.4 Å². The van der Waals surface area contributed by atoms with E-state index in [2.05, 4.69) is 30.9 Å². The molecule has 2 atom stereocenters. The summed E-state index contributed by atoms with van der Waals surface area (Å²) in [4.78, 5) is 34.7. The van der Waals surface area contributed by atoms with Crippen molar-refractivity contribution in [3.8, 4) is 11.3 Å². The Morgan fingerprint density at radius 1 is 1.11 bits per heavy atom. The second-order valence-electron chi connectivity index (χ2n) is 12.6.